The molecule has 1 aliphatic carbocycles. The number of fused-ring (bicyclic) bond motifs is 1. The summed E-state index contributed by atoms with van der Waals surface area (Å²) in [6.07, 6.45) is 2.06. The van der Waals surface area contributed by atoms with Crippen molar-refractivity contribution < 1.29 is 0 Å². The topological polar surface area (TPSA) is 86.5 Å². The van der Waals surface area contributed by atoms with Crippen molar-refractivity contribution in [3.63, 3.8) is 0 Å². The summed E-state index contributed by atoms with van der Waals surface area (Å²) in [5.41, 5.74) is 10.8. The second kappa shape index (κ2) is 5.39. The van der Waals surface area contributed by atoms with E-state index in [1.54, 1.807) is 11.3 Å². The van der Waals surface area contributed by atoms with Crippen molar-refractivity contribution in [2.45, 2.75) is 20.8 Å². The number of nitriles is 2. The highest BCUT2D eigenvalue weighted by Gasteiger charge is 2.29. The fourth-order valence-electron chi connectivity index (χ4n) is 2.87. The Kier molecular flexibility index (Phi) is 3.52. The van der Waals surface area contributed by atoms with Gasteiger partial charge in [0.1, 0.15) is 18.0 Å². The predicted molar refractivity (Wildman–Crippen MR) is 93.2 cm³/mol. The molecule has 0 atom stereocenters. The molecule has 2 aromatic heterocycles. The Balaban J connectivity index is 2.34. The first-order valence-electron chi connectivity index (χ1n) is 7.08. The smallest absolute Gasteiger partial charge is 0.142 e. The molecule has 0 saturated carbocycles. The second-order valence-electron chi connectivity index (χ2n) is 5.45. The summed E-state index contributed by atoms with van der Waals surface area (Å²) in [7, 11) is 0. The second-order valence-corrected chi connectivity index (χ2v) is 6.77. The fraction of sp³-hybridized carbons (Fsp3) is 0.167. The van der Waals surface area contributed by atoms with Crippen molar-refractivity contribution in [3.8, 4) is 12.1 Å². The van der Waals surface area contributed by atoms with E-state index >= 15 is 0 Å². The lowest BCUT2D eigenvalue weighted by atomic mass is 9.97. The van der Waals surface area contributed by atoms with Crippen LogP contribution in [0.1, 0.15) is 39.1 Å². The van der Waals surface area contributed by atoms with E-state index in [2.05, 4.69) is 42.3 Å². The number of nitrogens with zero attached hydrogens (tertiary/aromatic N) is 3. The number of nitrogen functional groups attached to an aromatic ring is 1. The van der Waals surface area contributed by atoms with Gasteiger partial charge < -0.3 is 5.73 Å². The zero-order valence-electron chi connectivity index (χ0n) is 13.1. The van der Waals surface area contributed by atoms with Gasteiger partial charge in [-0.15, -0.1) is 11.3 Å². The molecule has 5 heteroatoms. The largest absolute Gasteiger partial charge is 0.383 e. The van der Waals surface area contributed by atoms with Crippen molar-refractivity contribution in [2.24, 2.45) is 0 Å². The molecule has 2 aromatic rings. The van der Waals surface area contributed by atoms with Crippen LogP contribution in [0.4, 0.5) is 5.82 Å². The van der Waals surface area contributed by atoms with Crippen LogP contribution in [0.2, 0.25) is 0 Å². The fourth-order valence-corrected chi connectivity index (χ4v) is 3.69. The minimum atomic E-state index is 0.178. The van der Waals surface area contributed by atoms with Crippen LogP contribution >= 0.6 is 11.3 Å². The zero-order chi connectivity index (χ0) is 16.7. The van der Waals surface area contributed by atoms with Gasteiger partial charge in [0.15, 0.2) is 0 Å². The molecule has 23 heavy (non-hydrogen) atoms. The van der Waals surface area contributed by atoms with Crippen LogP contribution in [0.3, 0.4) is 0 Å². The Morgan fingerprint density at radius 3 is 2.48 bits per heavy atom. The number of aryl methyl sites for hydroxylation is 1. The minimum absolute atomic E-state index is 0.178. The average Bonchev–Trinajstić information content (AvgIpc) is 3.02. The van der Waals surface area contributed by atoms with Gasteiger partial charge in [0.25, 0.3) is 0 Å². The van der Waals surface area contributed by atoms with Crippen LogP contribution in [0.25, 0.3) is 17.2 Å². The Morgan fingerprint density at radius 1 is 1.17 bits per heavy atom. The maximum atomic E-state index is 9.50. The molecule has 0 radical (unpaired) electrons. The van der Waals surface area contributed by atoms with E-state index in [1.807, 2.05) is 13.8 Å². The molecule has 0 amide bonds. The summed E-state index contributed by atoms with van der Waals surface area (Å²) >= 11 is 1.69. The molecule has 0 bridgehead atoms. The van der Waals surface area contributed by atoms with Crippen LogP contribution < -0.4 is 5.73 Å². The van der Waals surface area contributed by atoms with Gasteiger partial charge in [-0.3, -0.25) is 0 Å². The van der Waals surface area contributed by atoms with E-state index in [0.717, 1.165) is 27.2 Å². The van der Waals surface area contributed by atoms with Crippen molar-refractivity contribution in [3.05, 3.63) is 49.8 Å². The van der Waals surface area contributed by atoms with Gasteiger partial charge in [0.2, 0.25) is 0 Å². The van der Waals surface area contributed by atoms with Crippen molar-refractivity contribution >= 4 is 34.4 Å². The number of allylic oxidation sites excluding steroid dienone is 3. The van der Waals surface area contributed by atoms with Gasteiger partial charge in [-0.1, -0.05) is 0 Å². The van der Waals surface area contributed by atoms with Crippen LogP contribution in [0.5, 0.6) is 0 Å². The van der Waals surface area contributed by atoms with Gasteiger partial charge in [0, 0.05) is 15.3 Å². The van der Waals surface area contributed by atoms with Gasteiger partial charge >= 0.3 is 0 Å². The van der Waals surface area contributed by atoms with E-state index in [-0.39, 0.29) is 5.82 Å². The van der Waals surface area contributed by atoms with Crippen LogP contribution in [-0.4, -0.2) is 4.98 Å². The molecule has 0 spiro atoms. The highest BCUT2D eigenvalue weighted by molar-refractivity contribution is 7.12. The van der Waals surface area contributed by atoms with Gasteiger partial charge in [-0.2, -0.15) is 10.5 Å². The lowest BCUT2D eigenvalue weighted by molar-refractivity contribution is 1.22. The number of nitrogens with two attached hydrogens (primary N) is 1. The molecule has 1 aliphatic rings. The molecule has 3 rings (SSSR count). The molecule has 112 valence electrons. The summed E-state index contributed by atoms with van der Waals surface area (Å²) in [6, 6.07) is 8.45. The number of hydrogen-bond donors (Lipinski definition) is 1. The van der Waals surface area contributed by atoms with E-state index in [1.165, 1.54) is 4.88 Å². The molecule has 2 heterocycles. The summed E-state index contributed by atoms with van der Waals surface area (Å²) in [4.78, 5) is 6.65. The minimum Gasteiger partial charge on any atom is -0.383 e. The standard InChI is InChI=1S/C18H14N4S/c1-9-4-5-12(23-9)6-13-10(2)14(7-19)17-16(13)11(3)15(8-20)18(21)22-17/h4-6H,1-3H3,(H2,21,22)/b13-6-. The Morgan fingerprint density at radius 2 is 1.91 bits per heavy atom. The van der Waals surface area contributed by atoms with Crippen molar-refractivity contribution in [2.75, 3.05) is 5.73 Å². The molecule has 0 aromatic carbocycles. The molecule has 0 unspecified atom stereocenters. The normalized spacial score (nSPS) is 14.7. The predicted octanol–water partition coefficient (Wildman–Crippen LogP) is 4.07. The average molecular weight is 318 g/mol. The van der Waals surface area contributed by atoms with Crippen LogP contribution in [0.15, 0.2) is 17.7 Å². The number of rotatable bonds is 1. The summed E-state index contributed by atoms with van der Waals surface area (Å²) in [6.45, 7) is 5.82. The van der Waals surface area contributed by atoms with Gasteiger partial charge in [0.05, 0.1) is 16.8 Å². The summed E-state index contributed by atoms with van der Waals surface area (Å²) < 4.78 is 0. The molecule has 0 aliphatic heterocycles. The molecule has 0 fully saturated rings. The van der Waals surface area contributed by atoms with E-state index in [4.69, 9.17) is 5.73 Å². The van der Waals surface area contributed by atoms with Crippen molar-refractivity contribution in [1.29, 1.82) is 10.5 Å². The third-order valence-electron chi connectivity index (χ3n) is 4.03. The number of pyridine rings is 1. The molecule has 2 N–H and O–H groups in total. The molecule has 4 nitrogen and oxygen atoms in total. The quantitative estimate of drug-likeness (QED) is 0.858. The third kappa shape index (κ3) is 2.23. The lowest BCUT2D eigenvalue weighted by Crippen LogP contribution is -2.03. The van der Waals surface area contributed by atoms with Gasteiger partial charge in [-0.05, 0) is 55.7 Å². The first kappa shape index (κ1) is 15.0. The molecular formula is C18H14N4S. The van der Waals surface area contributed by atoms with E-state index in [9.17, 15) is 10.5 Å². The summed E-state index contributed by atoms with van der Waals surface area (Å²) in [5.74, 6) is 0.178. The van der Waals surface area contributed by atoms with E-state index < -0.39 is 0 Å². The number of hydrogen-bond acceptors (Lipinski definition) is 5. The SMILES string of the molecule is CC1=C(C#N)c2nc(N)c(C#N)c(C)c2/C1=C\c1ccc(C)s1. The monoisotopic (exact) mass is 318 g/mol. The first-order chi connectivity index (χ1) is 11.0. The summed E-state index contributed by atoms with van der Waals surface area (Å²) in [5, 5.41) is 18.8. The highest BCUT2D eigenvalue weighted by atomic mass is 32.1. The van der Waals surface area contributed by atoms with Crippen molar-refractivity contribution in [1.82, 2.24) is 4.98 Å². The highest BCUT2D eigenvalue weighted by Crippen LogP contribution is 2.44. The van der Waals surface area contributed by atoms with Gasteiger partial charge in [-0.25, -0.2) is 4.98 Å². The Hall–Kier alpha value is -2.89. The number of aromatic nitrogens is 1. The number of thiophene rings is 1. The van der Waals surface area contributed by atoms with Crippen LogP contribution in [-0.2, 0) is 0 Å². The maximum Gasteiger partial charge on any atom is 0.142 e. The maximum absolute atomic E-state index is 9.50. The molecule has 0 saturated heterocycles. The van der Waals surface area contributed by atoms with Crippen LogP contribution in [0, 0.1) is 36.5 Å². The lowest BCUT2D eigenvalue weighted by Gasteiger charge is -2.10. The van der Waals surface area contributed by atoms with E-state index in [0.29, 0.717) is 16.8 Å². The molecular weight excluding hydrogens is 304 g/mol. The Labute approximate surface area is 138 Å². The third-order valence-corrected chi connectivity index (χ3v) is 4.98. The Bertz CT molecular complexity index is 978. The first-order valence-corrected chi connectivity index (χ1v) is 7.90. The zero-order valence-corrected chi connectivity index (χ0v) is 13.9. The number of anilines is 1.